The minimum Gasteiger partial charge on any atom is -0.472 e. The third-order valence-corrected chi connectivity index (χ3v) is 2.71. The second kappa shape index (κ2) is 6.03. The van der Waals surface area contributed by atoms with E-state index in [1.165, 1.54) is 0 Å². The Labute approximate surface area is 95.9 Å². The zero-order chi connectivity index (χ0) is 11.2. The third-order valence-electron chi connectivity index (χ3n) is 2.71. The first-order valence-electron chi connectivity index (χ1n) is 5.89. The van der Waals surface area contributed by atoms with Crippen LogP contribution in [0.2, 0.25) is 0 Å². The second-order valence-corrected chi connectivity index (χ2v) is 3.97. The summed E-state index contributed by atoms with van der Waals surface area (Å²) in [6, 6.07) is 2.24. The van der Waals surface area contributed by atoms with Crippen LogP contribution in [0.15, 0.2) is 23.0 Å². The quantitative estimate of drug-likeness (QED) is 0.805. The fourth-order valence-corrected chi connectivity index (χ4v) is 1.86. The number of hydrogen-bond donors (Lipinski definition) is 1. The average Bonchev–Trinajstić information content (AvgIpc) is 2.96. The first-order valence-corrected chi connectivity index (χ1v) is 5.89. The molecule has 1 atom stereocenters. The summed E-state index contributed by atoms with van der Waals surface area (Å²) in [7, 11) is 0. The van der Waals surface area contributed by atoms with E-state index in [0.717, 1.165) is 24.9 Å². The molecule has 0 saturated carbocycles. The van der Waals surface area contributed by atoms with Crippen molar-refractivity contribution in [2.75, 3.05) is 19.8 Å². The predicted octanol–water partition coefficient (Wildman–Crippen LogP) is 2.08. The van der Waals surface area contributed by atoms with E-state index in [1.807, 2.05) is 6.07 Å². The maximum atomic E-state index is 5.47. The van der Waals surface area contributed by atoms with Crippen molar-refractivity contribution in [3.05, 3.63) is 24.2 Å². The Morgan fingerprint density at radius 2 is 2.25 bits per heavy atom. The van der Waals surface area contributed by atoms with E-state index in [-0.39, 0.29) is 12.3 Å². The lowest BCUT2D eigenvalue weighted by molar-refractivity contribution is -0.0530. The van der Waals surface area contributed by atoms with Gasteiger partial charge in [0.15, 0.2) is 6.29 Å². The van der Waals surface area contributed by atoms with Crippen molar-refractivity contribution in [2.45, 2.75) is 32.1 Å². The highest BCUT2D eigenvalue weighted by molar-refractivity contribution is 5.11. The Kier molecular flexibility index (Phi) is 4.39. The monoisotopic (exact) mass is 225 g/mol. The van der Waals surface area contributed by atoms with Gasteiger partial charge in [0.05, 0.1) is 25.7 Å². The summed E-state index contributed by atoms with van der Waals surface area (Å²) in [4.78, 5) is 0. The molecule has 1 N–H and O–H groups in total. The molecule has 0 bridgehead atoms. The fourth-order valence-electron chi connectivity index (χ4n) is 1.86. The average molecular weight is 225 g/mol. The normalized spacial score (nSPS) is 19.1. The summed E-state index contributed by atoms with van der Waals surface area (Å²) < 4.78 is 16.1. The lowest BCUT2D eigenvalue weighted by atomic mass is 10.1. The summed E-state index contributed by atoms with van der Waals surface area (Å²) in [6.45, 7) is 4.55. The van der Waals surface area contributed by atoms with Crippen molar-refractivity contribution in [3.63, 3.8) is 0 Å². The van der Waals surface area contributed by atoms with Crippen LogP contribution >= 0.6 is 0 Å². The van der Waals surface area contributed by atoms with Gasteiger partial charge in [-0.15, -0.1) is 0 Å². The molecule has 0 aromatic carbocycles. The molecule has 1 aliphatic heterocycles. The van der Waals surface area contributed by atoms with Gasteiger partial charge in [-0.3, -0.25) is 0 Å². The smallest absolute Gasteiger partial charge is 0.159 e. The molecule has 0 spiro atoms. The number of furan rings is 1. The lowest BCUT2D eigenvalue weighted by Gasteiger charge is -2.19. The molecule has 2 heterocycles. The third kappa shape index (κ3) is 3.07. The molecule has 1 aromatic rings. The summed E-state index contributed by atoms with van der Waals surface area (Å²) in [5.74, 6) is 0. The molecular weight excluding hydrogens is 206 g/mol. The first-order chi connectivity index (χ1) is 7.90. The van der Waals surface area contributed by atoms with Crippen LogP contribution in [0, 0.1) is 0 Å². The Hall–Kier alpha value is -0.840. The van der Waals surface area contributed by atoms with Crippen molar-refractivity contribution in [1.29, 1.82) is 0 Å². The molecule has 1 unspecified atom stereocenters. The molecule has 1 aromatic heterocycles. The van der Waals surface area contributed by atoms with Gasteiger partial charge in [-0.1, -0.05) is 6.92 Å². The molecule has 0 radical (unpaired) electrons. The van der Waals surface area contributed by atoms with Crippen LogP contribution in [0.1, 0.15) is 31.4 Å². The minimum atomic E-state index is -0.0794. The van der Waals surface area contributed by atoms with Crippen LogP contribution in [0.5, 0.6) is 0 Å². The van der Waals surface area contributed by atoms with E-state index in [2.05, 4.69) is 12.2 Å². The Morgan fingerprint density at radius 1 is 1.44 bits per heavy atom. The summed E-state index contributed by atoms with van der Waals surface area (Å²) >= 11 is 0. The molecule has 1 fully saturated rings. The van der Waals surface area contributed by atoms with Crippen LogP contribution in [0.25, 0.3) is 0 Å². The van der Waals surface area contributed by atoms with Gasteiger partial charge in [0.25, 0.3) is 0 Å². The van der Waals surface area contributed by atoms with Crippen molar-refractivity contribution >= 4 is 0 Å². The van der Waals surface area contributed by atoms with Crippen LogP contribution in [-0.4, -0.2) is 26.0 Å². The number of nitrogens with one attached hydrogen (secondary N) is 1. The zero-order valence-corrected chi connectivity index (χ0v) is 9.65. The van der Waals surface area contributed by atoms with E-state index in [9.17, 15) is 0 Å². The summed E-state index contributed by atoms with van der Waals surface area (Å²) in [6.07, 6.45) is 5.35. The topological polar surface area (TPSA) is 43.6 Å². The zero-order valence-electron chi connectivity index (χ0n) is 9.65. The maximum absolute atomic E-state index is 5.47. The van der Waals surface area contributed by atoms with Gasteiger partial charge < -0.3 is 19.2 Å². The largest absolute Gasteiger partial charge is 0.472 e. The van der Waals surface area contributed by atoms with Crippen LogP contribution in [-0.2, 0) is 9.47 Å². The molecule has 1 saturated heterocycles. The summed E-state index contributed by atoms with van der Waals surface area (Å²) in [5, 5.41) is 3.48. The van der Waals surface area contributed by atoms with Crippen molar-refractivity contribution < 1.29 is 13.9 Å². The second-order valence-electron chi connectivity index (χ2n) is 3.97. The molecule has 2 rings (SSSR count). The molecule has 90 valence electrons. The standard InChI is InChI=1S/C12H19NO3/c1-2-4-13-11(10-3-5-14-9-10)8-12-15-6-7-16-12/h3,5,9,11-13H,2,4,6-8H2,1H3. The highest BCUT2D eigenvalue weighted by Gasteiger charge is 2.22. The van der Waals surface area contributed by atoms with Gasteiger partial charge in [0, 0.05) is 18.0 Å². The van der Waals surface area contributed by atoms with Crippen LogP contribution in [0.3, 0.4) is 0 Å². The van der Waals surface area contributed by atoms with E-state index in [1.54, 1.807) is 12.5 Å². The van der Waals surface area contributed by atoms with Gasteiger partial charge in [0.2, 0.25) is 0 Å². The maximum Gasteiger partial charge on any atom is 0.159 e. The molecule has 4 heteroatoms. The molecule has 4 nitrogen and oxygen atoms in total. The van der Waals surface area contributed by atoms with Gasteiger partial charge in [-0.05, 0) is 19.0 Å². The van der Waals surface area contributed by atoms with E-state index >= 15 is 0 Å². The van der Waals surface area contributed by atoms with Crippen molar-refractivity contribution in [1.82, 2.24) is 5.32 Å². The van der Waals surface area contributed by atoms with Gasteiger partial charge in [-0.2, -0.15) is 0 Å². The lowest BCUT2D eigenvalue weighted by Crippen LogP contribution is -2.26. The molecule has 0 amide bonds. The Bertz CT molecular complexity index is 280. The highest BCUT2D eigenvalue weighted by atomic mass is 16.7. The van der Waals surface area contributed by atoms with Crippen LogP contribution < -0.4 is 5.32 Å². The van der Waals surface area contributed by atoms with Gasteiger partial charge in [0.1, 0.15) is 0 Å². The minimum absolute atomic E-state index is 0.0794. The van der Waals surface area contributed by atoms with Gasteiger partial charge >= 0.3 is 0 Å². The number of ether oxygens (including phenoxy) is 2. The van der Waals surface area contributed by atoms with Crippen molar-refractivity contribution in [2.24, 2.45) is 0 Å². The highest BCUT2D eigenvalue weighted by Crippen LogP contribution is 2.22. The van der Waals surface area contributed by atoms with E-state index in [4.69, 9.17) is 13.9 Å². The molecule has 16 heavy (non-hydrogen) atoms. The van der Waals surface area contributed by atoms with Crippen molar-refractivity contribution in [3.8, 4) is 0 Å². The Morgan fingerprint density at radius 3 is 2.88 bits per heavy atom. The number of hydrogen-bond acceptors (Lipinski definition) is 4. The van der Waals surface area contributed by atoms with E-state index < -0.39 is 0 Å². The SMILES string of the molecule is CCCNC(CC1OCCO1)c1ccoc1. The fraction of sp³-hybridized carbons (Fsp3) is 0.667. The van der Waals surface area contributed by atoms with Crippen LogP contribution in [0.4, 0.5) is 0 Å². The molecule has 1 aliphatic rings. The molecule has 0 aliphatic carbocycles. The first kappa shape index (κ1) is 11.6. The predicted molar refractivity (Wildman–Crippen MR) is 60.1 cm³/mol. The van der Waals surface area contributed by atoms with E-state index in [0.29, 0.717) is 13.2 Å². The summed E-state index contributed by atoms with van der Waals surface area (Å²) in [5.41, 5.74) is 1.16. The molecular formula is C12H19NO3. The Balaban J connectivity index is 1.91. The van der Waals surface area contributed by atoms with Gasteiger partial charge in [-0.25, -0.2) is 0 Å². The number of rotatable bonds is 6.